The minimum absolute atomic E-state index is 0.0909. The summed E-state index contributed by atoms with van der Waals surface area (Å²) in [6.45, 7) is 4.00. The van der Waals surface area contributed by atoms with Gasteiger partial charge in [0.15, 0.2) is 0 Å². The molecule has 1 atom stereocenters. The molecule has 0 saturated carbocycles. The van der Waals surface area contributed by atoms with Gasteiger partial charge in [-0.05, 0) is 37.5 Å². The molecule has 0 spiro atoms. The summed E-state index contributed by atoms with van der Waals surface area (Å²) < 4.78 is 0.982. The number of hydrogen-bond acceptors (Lipinski definition) is 2. The van der Waals surface area contributed by atoms with Crippen molar-refractivity contribution in [3.63, 3.8) is 0 Å². The van der Waals surface area contributed by atoms with E-state index in [4.69, 9.17) is 0 Å². The fourth-order valence-corrected chi connectivity index (χ4v) is 2.93. The first-order valence-corrected chi connectivity index (χ1v) is 8.43. The van der Waals surface area contributed by atoms with Crippen molar-refractivity contribution in [3.05, 3.63) is 34.3 Å². The van der Waals surface area contributed by atoms with Crippen molar-refractivity contribution >= 4 is 27.9 Å². The molecule has 2 rings (SSSR count). The van der Waals surface area contributed by atoms with Crippen molar-refractivity contribution in [2.24, 2.45) is 0 Å². The van der Waals surface area contributed by atoms with Gasteiger partial charge in [-0.3, -0.25) is 4.79 Å². The average molecular weight is 368 g/mol. The Morgan fingerprint density at radius 1 is 1.32 bits per heavy atom. The van der Waals surface area contributed by atoms with Crippen LogP contribution in [0.1, 0.15) is 37.8 Å². The molecule has 1 aliphatic heterocycles. The molecule has 0 aromatic heterocycles. The van der Waals surface area contributed by atoms with Crippen LogP contribution in [0.4, 0.5) is 4.79 Å². The second-order valence-electron chi connectivity index (χ2n) is 5.51. The molecule has 1 fully saturated rings. The number of likely N-dealkylation sites (tertiary alicyclic amines) is 1. The lowest BCUT2D eigenvalue weighted by atomic mass is 10.1. The van der Waals surface area contributed by atoms with Gasteiger partial charge in [0, 0.05) is 30.5 Å². The van der Waals surface area contributed by atoms with E-state index in [0.717, 1.165) is 36.0 Å². The fourth-order valence-electron chi connectivity index (χ4n) is 2.51. The minimum atomic E-state index is -0.248. The molecule has 1 saturated heterocycles. The second kappa shape index (κ2) is 8.17. The van der Waals surface area contributed by atoms with E-state index < -0.39 is 0 Å². The van der Waals surface area contributed by atoms with Gasteiger partial charge in [-0.15, -0.1) is 0 Å². The Morgan fingerprint density at radius 3 is 2.73 bits per heavy atom. The number of nitrogens with zero attached hydrogens (tertiary/aromatic N) is 1. The van der Waals surface area contributed by atoms with Crippen LogP contribution >= 0.6 is 15.9 Å². The lowest BCUT2D eigenvalue weighted by Crippen LogP contribution is -2.39. The number of carbonyl (C=O) groups excluding carboxylic acids is 2. The molecule has 1 heterocycles. The Kier molecular flexibility index (Phi) is 6.24. The van der Waals surface area contributed by atoms with E-state index in [2.05, 4.69) is 26.6 Å². The first-order valence-electron chi connectivity index (χ1n) is 7.64. The number of benzene rings is 1. The molecular formula is C16H22BrN3O2. The van der Waals surface area contributed by atoms with Crippen LogP contribution in [0.15, 0.2) is 28.7 Å². The summed E-state index contributed by atoms with van der Waals surface area (Å²) in [7, 11) is 0. The molecule has 22 heavy (non-hydrogen) atoms. The maximum atomic E-state index is 11.9. The normalized spacial score (nSPS) is 15.5. The Bertz CT molecular complexity index is 530. The molecule has 1 aromatic rings. The van der Waals surface area contributed by atoms with Crippen molar-refractivity contribution in [1.82, 2.24) is 15.5 Å². The standard InChI is InChI=1S/C16H22BrN3O2/c1-12(13-5-4-6-14(17)11-13)19-16(22)18-8-7-15(21)20-9-2-3-10-20/h4-6,11-12H,2-3,7-10H2,1H3,(H2,18,19,22). The summed E-state index contributed by atoms with van der Waals surface area (Å²) >= 11 is 3.42. The summed E-state index contributed by atoms with van der Waals surface area (Å²) in [5.41, 5.74) is 1.03. The summed E-state index contributed by atoms with van der Waals surface area (Å²) in [6, 6.07) is 7.48. The highest BCUT2D eigenvalue weighted by Crippen LogP contribution is 2.17. The quantitative estimate of drug-likeness (QED) is 0.840. The van der Waals surface area contributed by atoms with Gasteiger partial charge in [-0.1, -0.05) is 28.1 Å². The predicted octanol–water partition coefficient (Wildman–Crippen LogP) is 2.82. The zero-order valence-electron chi connectivity index (χ0n) is 12.8. The number of urea groups is 1. The molecule has 0 bridgehead atoms. The van der Waals surface area contributed by atoms with Crippen LogP contribution < -0.4 is 10.6 Å². The molecular weight excluding hydrogens is 346 g/mol. The van der Waals surface area contributed by atoms with E-state index in [1.165, 1.54) is 0 Å². The van der Waals surface area contributed by atoms with Gasteiger partial charge in [-0.25, -0.2) is 4.79 Å². The third-order valence-electron chi connectivity index (χ3n) is 3.78. The highest BCUT2D eigenvalue weighted by Gasteiger charge is 2.17. The van der Waals surface area contributed by atoms with Crippen LogP contribution in [0, 0.1) is 0 Å². The number of amides is 3. The fraction of sp³-hybridized carbons (Fsp3) is 0.500. The number of hydrogen-bond donors (Lipinski definition) is 2. The van der Waals surface area contributed by atoms with Crippen LogP contribution in [0.3, 0.4) is 0 Å². The lowest BCUT2D eigenvalue weighted by molar-refractivity contribution is -0.129. The Labute approximate surface area is 139 Å². The lowest BCUT2D eigenvalue weighted by Gasteiger charge is -2.17. The van der Waals surface area contributed by atoms with Gasteiger partial charge in [0.05, 0.1) is 6.04 Å². The number of rotatable bonds is 5. The van der Waals surface area contributed by atoms with E-state index >= 15 is 0 Å². The summed E-state index contributed by atoms with van der Waals surface area (Å²) in [5.74, 6) is 0.123. The van der Waals surface area contributed by atoms with Gasteiger partial charge in [0.25, 0.3) is 0 Å². The largest absolute Gasteiger partial charge is 0.343 e. The summed E-state index contributed by atoms with van der Waals surface area (Å²) in [6.07, 6.45) is 2.53. The van der Waals surface area contributed by atoms with Crippen molar-refractivity contribution in [1.29, 1.82) is 0 Å². The monoisotopic (exact) mass is 367 g/mol. The van der Waals surface area contributed by atoms with E-state index in [9.17, 15) is 9.59 Å². The zero-order valence-corrected chi connectivity index (χ0v) is 14.4. The highest BCUT2D eigenvalue weighted by atomic mass is 79.9. The van der Waals surface area contributed by atoms with E-state index in [1.54, 1.807) is 0 Å². The number of nitrogens with one attached hydrogen (secondary N) is 2. The van der Waals surface area contributed by atoms with Gasteiger partial charge in [0.2, 0.25) is 5.91 Å². The van der Waals surface area contributed by atoms with Crippen LogP contribution in [0.25, 0.3) is 0 Å². The molecule has 1 aliphatic rings. The van der Waals surface area contributed by atoms with Crippen molar-refractivity contribution in [3.8, 4) is 0 Å². The number of halogens is 1. The molecule has 5 nitrogen and oxygen atoms in total. The second-order valence-corrected chi connectivity index (χ2v) is 6.43. The van der Waals surface area contributed by atoms with Gasteiger partial charge < -0.3 is 15.5 Å². The summed E-state index contributed by atoms with van der Waals surface area (Å²) in [4.78, 5) is 25.6. The molecule has 1 aromatic carbocycles. The molecule has 0 radical (unpaired) electrons. The van der Waals surface area contributed by atoms with Crippen LogP contribution in [0.5, 0.6) is 0 Å². The van der Waals surface area contributed by atoms with E-state index in [0.29, 0.717) is 13.0 Å². The molecule has 6 heteroatoms. The zero-order chi connectivity index (χ0) is 15.9. The van der Waals surface area contributed by atoms with Crippen molar-refractivity contribution < 1.29 is 9.59 Å². The highest BCUT2D eigenvalue weighted by molar-refractivity contribution is 9.10. The molecule has 120 valence electrons. The smallest absolute Gasteiger partial charge is 0.315 e. The maximum Gasteiger partial charge on any atom is 0.315 e. The summed E-state index contributed by atoms with van der Waals surface area (Å²) in [5, 5.41) is 5.61. The van der Waals surface area contributed by atoms with Gasteiger partial charge >= 0.3 is 6.03 Å². The molecule has 2 N–H and O–H groups in total. The van der Waals surface area contributed by atoms with Crippen LogP contribution in [-0.4, -0.2) is 36.5 Å². The third-order valence-corrected chi connectivity index (χ3v) is 4.27. The van der Waals surface area contributed by atoms with Gasteiger partial charge in [0.1, 0.15) is 0 Å². The first-order chi connectivity index (χ1) is 10.6. The van der Waals surface area contributed by atoms with E-state index in [-0.39, 0.29) is 18.0 Å². The van der Waals surface area contributed by atoms with Crippen LogP contribution in [-0.2, 0) is 4.79 Å². The number of carbonyl (C=O) groups is 2. The Hall–Kier alpha value is -1.56. The third kappa shape index (κ3) is 5.02. The average Bonchev–Trinajstić information content (AvgIpc) is 3.01. The predicted molar refractivity (Wildman–Crippen MR) is 89.5 cm³/mol. The Balaban J connectivity index is 1.70. The molecule has 1 unspecified atom stereocenters. The van der Waals surface area contributed by atoms with Crippen molar-refractivity contribution in [2.45, 2.75) is 32.2 Å². The first kappa shape index (κ1) is 16.8. The van der Waals surface area contributed by atoms with Crippen molar-refractivity contribution in [2.75, 3.05) is 19.6 Å². The van der Waals surface area contributed by atoms with Gasteiger partial charge in [-0.2, -0.15) is 0 Å². The Morgan fingerprint density at radius 2 is 2.05 bits per heavy atom. The molecule has 3 amide bonds. The topological polar surface area (TPSA) is 61.4 Å². The van der Waals surface area contributed by atoms with E-state index in [1.807, 2.05) is 36.1 Å². The van der Waals surface area contributed by atoms with Crippen LogP contribution in [0.2, 0.25) is 0 Å². The molecule has 0 aliphatic carbocycles. The maximum absolute atomic E-state index is 11.9. The SMILES string of the molecule is CC(NC(=O)NCCC(=O)N1CCCC1)c1cccc(Br)c1. The minimum Gasteiger partial charge on any atom is -0.343 e.